The minimum absolute atomic E-state index is 0.131. The van der Waals surface area contributed by atoms with E-state index in [-0.39, 0.29) is 5.91 Å². The third-order valence-electron chi connectivity index (χ3n) is 4.28. The highest BCUT2D eigenvalue weighted by molar-refractivity contribution is 5.99. The van der Waals surface area contributed by atoms with E-state index in [1.165, 1.54) is 12.8 Å². The molecule has 0 atom stereocenters. The maximum Gasteiger partial charge on any atom is 0.256 e. The molecule has 5 nitrogen and oxygen atoms in total. The van der Waals surface area contributed by atoms with Gasteiger partial charge in [0.2, 0.25) is 0 Å². The topological polar surface area (TPSA) is 48.5 Å². The van der Waals surface area contributed by atoms with Crippen LogP contribution in [0.3, 0.4) is 0 Å². The fourth-order valence-corrected chi connectivity index (χ4v) is 2.88. The zero-order valence-corrected chi connectivity index (χ0v) is 12.7. The number of rotatable bonds is 5. The molecule has 1 N–H and O–H groups in total. The Morgan fingerprint density at radius 1 is 1.33 bits per heavy atom. The summed E-state index contributed by atoms with van der Waals surface area (Å²) in [4.78, 5) is 21.3. The van der Waals surface area contributed by atoms with Crippen LogP contribution in [0.4, 0.5) is 5.69 Å². The van der Waals surface area contributed by atoms with Gasteiger partial charge in [0.25, 0.3) is 5.91 Å². The van der Waals surface area contributed by atoms with E-state index in [1.54, 1.807) is 12.4 Å². The third-order valence-corrected chi connectivity index (χ3v) is 4.28. The number of pyridine rings is 1. The normalized spacial score (nSPS) is 19.6. The molecule has 0 unspecified atom stereocenters. The molecule has 1 amide bonds. The van der Waals surface area contributed by atoms with E-state index in [1.807, 2.05) is 11.0 Å². The molecule has 2 fully saturated rings. The van der Waals surface area contributed by atoms with E-state index in [9.17, 15) is 4.79 Å². The maximum absolute atomic E-state index is 12.7. The molecule has 21 heavy (non-hydrogen) atoms. The number of carbonyl (C=O) groups excluding carboxylic acids is 1. The van der Waals surface area contributed by atoms with E-state index in [0.717, 1.165) is 56.4 Å². The molecule has 1 aliphatic carbocycles. The Labute approximate surface area is 126 Å². The minimum Gasteiger partial charge on any atom is -0.383 e. The summed E-state index contributed by atoms with van der Waals surface area (Å²) in [7, 11) is 0. The number of aromatic nitrogens is 1. The number of hydrogen-bond acceptors (Lipinski definition) is 4. The highest BCUT2D eigenvalue weighted by Crippen LogP contribution is 2.28. The van der Waals surface area contributed by atoms with Gasteiger partial charge in [-0.05, 0) is 25.3 Å². The number of hydrogen-bond donors (Lipinski definition) is 1. The molecule has 114 valence electrons. The molecule has 1 saturated heterocycles. The van der Waals surface area contributed by atoms with Gasteiger partial charge in [-0.2, -0.15) is 0 Å². The van der Waals surface area contributed by atoms with Crippen LogP contribution in [-0.4, -0.2) is 59.5 Å². The molecule has 1 saturated carbocycles. The second-order valence-corrected chi connectivity index (χ2v) is 5.91. The molecule has 2 heterocycles. The first-order valence-electron chi connectivity index (χ1n) is 8.01. The quantitative estimate of drug-likeness (QED) is 0.898. The Balaban J connectivity index is 1.64. The number of nitrogens with zero attached hydrogens (tertiary/aromatic N) is 3. The van der Waals surface area contributed by atoms with Gasteiger partial charge in [0.15, 0.2) is 0 Å². The van der Waals surface area contributed by atoms with E-state index in [4.69, 9.17) is 0 Å². The molecule has 0 aromatic carbocycles. The molecule has 0 radical (unpaired) electrons. The zero-order valence-electron chi connectivity index (χ0n) is 12.7. The van der Waals surface area contributed by atoms with Crippen molar-refractivity contribution in [2.24, 2.45) is 0 Å². The Morgan fingerprint density at radius 3 is 2.76 bits per heavy atom. The van der Waals surface area contributed by atoms with Crippen LogP contribution in [-0.2, 0) is 0 Å². The van der Waals surface area contributed by atoms with Gasteiger partial charge >= 0.3 is 0 Å². The summed E-state index contributed by atoms with van der Waals surface area (Å²) in [6.07, 6.45) is 7.16. The van der Waals surface area contributed by atoms with Crippen LogP contribution in [0, 0.1) is 0 Å². The third kappa shape index (κ3) is 3.35. The van der Waals surface area contributed by atoms with Crippen LogP contribution in [0.15, 0.2) is 18.5 Å². The number of anilines is 1. The molecule has 1 aromatic rings. The SMILES string of the molecule is CCCNc1cnccc1C(=O)N1CCN(C2CC2)CC1. The molecule has 5 heteroatoms. The molecule has 0 spiro atoms. The lowest BCUT2D eigenvalue weighted by molar-refractivity contribution is 0.0628. The van der Waals surface area contributed by atoms with Crippen LogP contribution < -0.4 is 5.32 Å². The van der Waals surface area contributed by atoms with Crippen molar-refractivity contribution >= 4 is 11.6 Å². The first-order chi connectivity index (χ1) is 10.3. The molecule has 0 bridgehead atoms. The second-order valence-electron chi connectivity index (χ2n) is 5.91. The van der Waals surface area contributed by atoms with E-state index >= 15 is 0 Å². The lowest BCUT2D eigenvalue weighted by Crippen LogP contribution is -2.49. The van der Waals surface area contributed by atoms with Gasteiger partial charge < -0.3 is 10.2 Å². The highest BCUT2D eigenvalue weighted by atomic mass is 16.2. The smallest absolute Gasteiger partial charge is 0.256 e. The number of amides is 1. The monoisotopic (exact) mass is 288 g/mol. The van der Waals surface area contributed by atoms with E-state index in [2.05, 4.69) is 22.1 Å². The van der Waals surface area contributed by atoms with Crippen molar-refractivity contribution in [2.75, 3.05) is 38.0 Å². The van der Waals surface area contributed by atoms with Crippen LogP contribution >= 0.6 is 0 Å². The van der Waals surface area contributed by atoms with Crippen molar-refractivity contribution < 1.29 is 4.79 Å². The van der Waals surface area contributed by atoms with Crippen LogP contribution in [0.2, 0.25) is 0 Å². The molecule has 1 aliphatic heterocycles. The first kappa shape index (κ1) is 14.3. The Morgan fingerprint density at radius 2 is 2.10 bits per heavy atom. The summed E-state index contributed by atoms with van der Waals surface area (Å²) in [6, 6.07) is 2.62. The van der Waals surface area contributed by atoms with Gasteiger partial charge in [0.05, 0.1) is 17.4 Å². The van der Waals surface area contributed by atoms with E-state index < -0.39 is 0 Å². The van der Waals surface area contributed by atoms with Crippen LogP contribution in [0.1, 0.15) is 36.5 Å². The first-order valence-corrected chi connectivity index (χ1v) is 8.01. The van der Waals surface area contributed by atoms with Gasteiger partial charge in [0.1, 0.15) is 0 Å². The summed E-state index contributed by atoms with van der Waals surface area (Å²) in [5, 5.41) is 3.30. The summed E-state index contributed by atoms with van der Waals surface area (Å²) in [5.41, 5.74) is 1.60. The second kappa shape index (κ2) is 6.43. The number of carbonyl (C=O) groups is 1. The van der Waals surface area contributed by atoms with Crippen LogP contribution in [0.25, 0.3) is 0 Å². The summed E-state index contributed by atoms with van der Waals surface area (Å²) >= 11 is 0. The van der Waals surface area contributed by atoms with Crippen molar-refractivity contribution in [2.45, 2.75) is 32.2 Å². The maximum atomic E-state index is 12.7. The van der Waals surface area contributed by atoms with Gasteiger partial charge in [-0.1, -0.05) is 6.92 Å². The van der Waals surface area contributed by atoms with Gasteiger partial charge in [0, 0.05) is 45.0 Å². The lowest BCUT2D eigenvalue weighted by Gasteiger charge is -2.35. The predicted octanol–water partition coefficient (Wildman–Crippen LogP) is 1.82. The zero-order chi connectivity index (χ0) is 14.7. The summed E-state index contributed by atoms with van der Waals surface area (Å²) in [5.74, 6) is 0.131. The molecule has 3 rings (SSSR count). The Bertz CT molecular complexity index is 493. The fourth-order valence-electron chi connectivity index (χ4n) is 2.88. The predicted molar refractivity (Wildman–Crippen MR) is 83.5 cm³/mol. The summed E-state index contributed by atoms with van der Waals surface area (Å²) < 4.78 is 0. The van der Waals surface area contributed by atoms with Crippen molar-refractivity contribution in [1.82, 2.24) is 14.8 Å². The highest BCUT2D eigenvalue weighted by Gasteiger charge is 2.32. The Kier molecular flexibility index (Phi) is 4.39. The standard InChI is InChI=1S/C16H24N4O/c1-2-6-18-15-12-17-7-5-14(15)16(21)20-10-8-19(9-11-20)13-3-4-13/h5,7,12-13,18H,2-4,6,8-11H2,1H3. The fraction of sp³-hybridized carbons (Fsp3) is 0.625. The summed E-state index contributed by atoms with van der Waals surface area (Å²) in [6.45, 7) is 6.68. The van der Waals surface area contributed by atoms with Crippen molar-refractivity contribution in [3.05, 3.63) is 24.0 Å². The molecular weight excluding hydrogens is 264 g/mol. The Hall–Kier alpha value is -1.62. The lowest BCUT2D eigenvalue weighted by atomic mass is 10.1. The van der Waals surface area contributed by atoms with E-state index in [0.29, 0.717) is 0 Å². The molecule has 1 aromatic heterocycles. The largest absolute Gasteiger partial charge is 0.383 e. The average Bonchev–Trinajstić information content (AvgIpc) is 3.37. The minimum atomic E-state index is 0.131. The van der Waals surface area contributed by atoms with Crippen molar-refractivity contribution in [3.63, 3.8) is 0 Å². The van der Waals surface area contributed by atoms with Crippen LogP contribution in [0.5, 0.6) is 0 Å². The number of nitrogens with one attached hydrogen (secondary N) is 1. The molecule has 2 aliphatic rings. The van der Waals surface area contributed by atoms with Gasteiger partial charge in [-0.3, -0.25) is 14.7 Å². The number of piperazine rings is 1. The van der Waals surface area contributed by atoms with Gasteiger partial charge in [-0.15, -0.1) is 0 Å². The van der Waals surface area contributed by atoms with Crippen molar-refractivity contribution in [3.8, 4) is 0 Å². The van der Waals surface area contributed by atoms with Gasteiger partial charge in [-0.25, -0.2) is 0 Å². The van der Waals surface area contributed by atoms with Crippen molar-refractivity contribution in [1.29, 1.82) is 0 Å². The average molecular weight is 288 g/mol. The molecular formula is C16H24N4O.